The Kier molecular flexibility index (Phi) is 4.47. The van der Waals surface area contributed by atoms with E-state index < -0.39 is 4.92 Å². The van der Waals surface area contributed by atoms with Crippen molar-refractivity contribution in [1.29, 1.82) is 0 Å². The van der Waals surface area contributed by atoms with Crippen LogP contribution >= 0.6 is 0 Å². The van der Waals surface area contributed by atoms with Crippen LogP contribution in [0.4, 0.5) is 11.4 Å². The van der Waals surface area contributed by atoms with Gasteiger partial charge in [-0.05, 0) is 45.0 Å². The molecule has 0 radical (unpaired) electrons. The summed E-state index contributed by atoms with van der Waals surface area (Å²) in [5.41, 5.74) is 0.349. The summed E-state index contributed by atoms with van der Waals surface area (Å²) in [4.78, 5) is 10.9. The number of ether oxygens (including phenoxy) is 1. The normalized spacial score (nSPS) is 10.7. The zero-order chi connectivity index (χ0) is 15.4. The lowest BCUT2D eigenvalue weighted by molar-refractivity contribution is -0.385. The van der Waals surface area contributed by atoms with Crippen molar-refractivity contribution in [3.05, 3.63) is 52.0 Å². The minimum atomic E-state index is -0.437. The van der Waals surface area contributed by atoms with Gasteiger partial charge in [-0.3, -0.25) is 10.1 Å². The minimum absolute atomic E-state index is 0.0607. The molecular formula is C15H18N2O4. The van der Waals surface area contributed by atoms with Gasteiger partial charge in [-0.2, -0.15) is 0 Å². The van der Waals surface area contributed by atoms with Crippen molar-refractivity contribution in [3.63, 3.8) is 0 Å². The molecule has 0 aliphatic carbocycles. The van der Waals surface area contributed by atoms with Crippen LogP contribution in [0.5, 0.6) is 5.75 Å². The molecule has 6 nitrogen and oxygen atoms in total. The Hall–Kier alpha value is -2.50. The predicted molar refractivity (Wildman–Crippen MR) is 79.6 cm³/mol. The summed E-state index contributed by atoms with van der Waals surface area (Å²) in [5, 5.41) is 14.3. The fourth-order valence-corrected chi connectivity index (χ4v) is 1.96. The second-order valence-corrected chi connectivity index (χ2v) is 4.94. The molecule has 112 valence electrons. The molecule has 0 aliphatic rings. The maximum atomic E-state index is 11.3. The summed E-state index contributed by atoms with van der Waals surface area (Å²) in [7, 11) is 0. The quantitative estimate of drug-likeness (QED) is 0.645. The highest BCUT2D eigenvalue weighted by Crippen LogP contribution is 2.35. The smallest absolute Gasteiger partial charge is 0.333 e. The molecular weight excluding hydrogens is 272 g/mol. The molecule has 0 spiro atoms. The van der Waals surface area contributed by atoms with Crippen LogP contribution in [0, 0.1) is 17.0 Å². The molecule has 2 rings (SSSR count). The number of nitrogens with zero attached hydrogens (tertiary/aromatic N) is 1. The minimum Gasteiger partial charge on any atom is -0.484 e. The van der Waals surface area contributed by atoms with Crippen molar-refractivity contribution < 1.29 is 14.1 Å². The van der Waals surface area contributed by atoms with Crippen molar-refractivity contribution >= 4 is 11.4 Å². The maximum absolute atomic E-state index is 11.3. The van der Waals surface area contributed by atoms with E-state index >= 15 is 0 Å². The number of anilines is 1. The largest absolute Gasteiger partial charge is 0.484 e. The first-order valence-electron chi connectivity index (χ1n) is 6.70. The number of aryl methyl sites for hydroxylation is 1. The summed E-state index contributed by atoms with van der Waals surface area (Å²) < 4.78 is 10.9. The number of nitro benzene ring substituents is 1. The lowest BCUT2D eigenvalue weighted by atomic mass is 10.2. The lowest BCUT2D eigenvalue weighted by Gasteiger charge is -2.12. The summed E-state index contributed by atoms with van der Waals surface area (Å²) >= 11 is 0. The highest BCUT2D eigenvalue weighted by Gasteiger charge is 2.21. The maximum Gasteiger partial charge on any atom is 0.333 e. The molecule has 1 heterocycles. The molecule has 0 amide bonds. The van der Waals surface area contributed by atoms with E-state index in [0.29, 0.717) is 12.2 Å². The van der Waals surface area contributed by atoms with E-state index in [-0.39, 0.29) is 17.5 Å². The van der Waals surface area contributed by atoms with Crippen LogP contribution in [0.25, 0.3) is 0 Å². The number of hydrogen-bond donors (Lipinski definition) is 1. The fraction of sp³-hybridized carbons (Fsp3) is 0.333. The van der Waals surface area contributed by atoms with Crippen molar-refractivity contribution in [2.45, 2.75) is 33.4 Å². The van der Waals surface area contributed by atoms with Gasteiger partial charge in [0.05, 0.1) is 17.6 Å². The van der Waals surface area contributed by atoms with Crippen molar-refractivity contribution in [1.82, 2.24) is 0 Å². The van der Waals surface area contributed by atoms with Gasteiger partial charge < -0.3 is 14.5 Å². The number of hydrogen-bond acceptors (Lipinski definition) is 5. The van der Waals surface area contributed by atoms with Crippen molar-refractivity contribution in [2.75, 3.05) is 5.32 Å². The summed E-state index contributed by atoms with van der Waals surface area (Å²) in [5.74, 6) is 1.78. The molecule has 0 saturated heterocycles. The Bertz CT molecular complexity index is 634. The molecule has 0 aliphatic heterocycles. The zero-order valence-corrected chi connectivity index (χ0v) is 12.3. The number of para-hydroxylation sites is 1. The van der Waals surface area contributed by atoms with E-state index in [1.54, 1.807) is 18.2 Å². The number of furan rings is 1. The highest BCUT2D eigenvalue weighted by molar-refractivity contribution is 5.68. The van der Waals surface area contributed by atoms with Crippen molar-refractivity contribution in [2.24, 2.45) is 0 Å². The van der Waals surface area contributed by atoms with Crippen LogP contribution in [-0.4, -0.2) is 11.0 Å². The van der Waals surface area contributed by atoms with Crippen molar-refractivity contribution in [3.8, 4) is 5.75 Å². The number of nitro groups is 1. The van der Waals surface area contributed by atoms with Gasteiger partial charge in [-0.1, -0.05) is 6.07 Å². The Labute approximate surface area is 122 Å². The molecule has 0 bridgehead atoms. The van der Waals surface area contributed by atoms with Gasteiger partial charge in [0.1, 0.15) is 17.2 Å². The molecule has 1 N–H and O–H groups in total. The fourth-order valence-electron chi connectivity index (χ4n) is 1.96. The topological polar surface area (TPSA) is 77.5 Å². The van der Waals surface area contributed by atoms with Crippen LogP contribution < -0.4 is 10.1 Å². The van der Waals surface area contributed by atoms with Gasteiger partial charge in [0.2, 0.25) is 0 Å². The van der Waals surface area contributed by atoms with E-state index in [0.717, 1.165) is 11.5 Å². The third-order valence-corrected chi connectivity index (χ3v) is 2.79. The number of nitrogens with one attached hydrogen (secondary N) is 1. The first-order valence-corrected chi connectivity index (χ1v) is 6.70. The average Bonchev–Trinajstić information content (AvgIpc) is 2.81. The van der Waals surface area contributed by atoms with E-state index in [1.165, 1.54) is 0 Å². The molecule has 0 unspecified atom stereocenters. The molecule has 0 fully saturated rings. The summed E-state index contributed by atoms with van der Waals surface area (Å²) in [6.07, 6.45) is -0.133. The van der Waals surface area contributed by atoms with Crippen LogP contribution in [0.15, 0.2) is 34.7 Å². The lowest BCUT2D eigenvalue weighted by Crippen LogP contribution is -2.09. The van der Waals surface area contributed by atoms with Gasteiger partial charge in [-0.25, -0.2) is 0 Å². The Morgan fingerprint density at radius 2 is 2.10 bits per heavy atom. The zero-order valence-electron chi connectivity index (χ0n) is 12.3. The van der Waals surface area contributed by atoms with Gasteiger partial charge in [0.15, 0.2) is 5.75 Å². The highest BCUT2D eigenvalue weighted by atomic mass is 16.6. The van der Waals surface area contributed by atoms with E-state index in [4.69, 9.17) is 9.15 Å². The Balaban J connectivity index is 2.23. The number of rotatable bonds is 6. The monoisotopic (exact) mass is 290 g/mol. The van der Waals surface area contributed by atoms with Crippen LogP contribution in [0.1, 0.15) is 25.4 Å². The van der Waals surface area contributed by atoms with Gasteiger partial charge in [0.25, 0.3) is 0 Å². The standard InChI is InChI=1S/C15H18N2O4/c1-10(2)20-14-6-4-5-13(15(14)17(18)19)16-9-12-8-7-11(3)21-12/h4-8,10,16H,9H2,1-3H3. The first-order chi connectivity index (χ1) is 9.97. The molecule has 2 aromatic rings. The van der Waals surface area contributed by atoms with Crippen LogP contribution in [-0.2, 0) is 6.54 Å². The Morgan fingerprint density at radius 3 is 2.67 bits per heavy atom. The first kappa shape index (κ1) is 14.9. The molecule has 0 saturated carbocycles. The molecule has 6 heteroatoms. The van der Waals surface area contributed by atoms with E-state index in [2.05, 4.69) is 5.32 Å². The van der Waals surface area contributed by atoms with Crippen LogP contribution in [0.3, 0.4) is 0 Å². The third kappa shape index (κ3) is 3.75. The predicted octanol–water partition coefficient (Wildman–Crippen LogP) is 3.90. The van der Waals surface area contributed by atoms with Crippen LogP contribution in [0.2, 0.25) is 0 Å². The second-order valence-electron chi connectivity index (χ2n) is 4.94. The molecule has 0 atom stereocenters. The van der Waals surface area contributed by atoms with Gasteiger partial charge >= 0.3 is 5.69 Å². The average molecular weight is 290 g/mol. The van der Waals surface area contributed by atoms with Gasteiger partial charge in [0, 0.05) is 0 Å². The second kappa shape index (κ2) is 6.30. The number of benzene rings is 1. The molecule has 1 aromatic carbocycles. The summed E-state index contributed by atoms with van der Waals surface area (Å²) in [6, 6.07) is 8.66. The Morgan fingerprint density at radius 1 is 1.33 bits per heavy atom. The third-order valence-electron chi connectivity index (χ3n) is 2.79. The van der Waals surface area contributed by atoms with E-state index in [1.807, 2.05) is 32.9 Å². The molecule has 1 aromatic heterocycles. The van der Waals surface area contributed by atoms with Gasteiger partial charge in [-0.15, -0.1) is 0 Å². The summed E-state index contributed by atoms with van der Waals surface area (Å²) in [6.45, 7) is 5.88. The van der Waals surface area contributed by atoms with E-state index in [9.17, 15) is 10.1 Å². The molecule has 21 heavy (non-hydrogen) atoms. The SMILES string of the molecule is Cc1ccc(CNc2cccc(OC(C)C)c2[N+](=O)[O-])o1.